The molecule has 1 fully saturated rings. The van der Waals surface area contributed by atoms with Crippen molar-refractivity contribution in [1.29, 1.82) is 0 Å². The predicted octanol–water partition coefficient (Wildman–Crippen LogP) is 2.71. The van der Waals surface area contributed by atoms with Crippen molar-refractivity contribution in [2.45, 2.75) is 25.7 Å². The molecule has 1 amide bonds. The Labute approximate surface area is 140 Å². The van der Waals surface area contributed by atoms with Crippen molar-refractivity contribution in [2.24, 2.45) is 5.92 Å². The Morgan fingerprint density at radius 2 is 1.74 bits per heavy atom. The molecule has 1 aromatic rings. The largest absolute Gasteiger partial charge is 0.469 e. The van der Waals surface area contributed by atoms with Crippen molar-refractivity contribution in [3.63, 3.8) is 0 Å². The third-order valence-corrected chi connectivity index (χ3v) is 4.37. The summed E-state index contributed by atoms with van der Waals surface area (Å²) >= 11 is 5.78. The maximum Gasteiger partial charge on any atom is 0.308 e. The summed E-state index contributed by atoms with van der Waals surface area (Å²) in [5, 5.41) is 0.575. The van der Waals surface area contributed by atoms with Crippen LogP contribution in [0.5, 0.6) is 0 Å². The van der Waals surface area contributed by atoms with Gasteiger partial charge in [0.25, 0.3) is 0 Å². The number of ether oxygens (including phenoxy) is 1. The van der Waals surface area contributed by atoms with Gasteiger partial charge >= 0.3 is 5.97 Å². The van der Waals surface area contributed by atoms with Gasteiger partial charge in [-0.1, -0.05) is 11.6 Å². The van der Waals surface area contributed by atoms with Crippen LogP contribution in [0.1, 0.15) is 36.0 Å². The molecule has 0 saturated carbocycles. The van der Waals surface area contributed by atoms with Crippen LogP contribution in [0.25, 0.3) is 0 Å². The maximum absolute atomic E-state index is 12.2. The first kappa shape index (κ1) is 17.5. The Hall–Kier alpha value is -1.88. The summed E-state index contributed by atoms with van der Waals surface area (Å²) in [4.78, 5) is 37.4. The van der Waals surface area contributed by atoms with Crippen LogP contribution in [0.4, 0.5) is 0 Å². The highest BCUT2D eigenvalue weighted by Crippen LogP contribution is 2.19. The van der Waals surface area contributed by atoms with Crippen molar-refractivity contribution in [1.82, 2.24) is 4.90 Å². The Balaban J connectivity index is 1.78. The molecule has 0 aliphatic carbocycles. The summed E-state index contributed by atoms with van der Waals surface area (Å²) in [6.45, 7) is 1.07. The third-order valence-electron chi connectivity index (χ3n) is 4.11. The number of esters is 1. The molecular weight excluding hydrogens is 318 g/mol. The summed E-state index contributed by atoms with van der Waals surface area (Å²) < 4.78 is 4.73. The second-order valence-corrected chi connectivity index (χ2v) is 6.04. The molecule has 0 spiro atoms. The molecule has 0 atom stereocenters. The molecule has 2 rings (SSSR count). The molecule has 0 bridgehead atoms. The predicted molar refractivity (Wildman–Crippen MR) is 86.3 cm³/mol. The lowest BCUT2D eigenvalue weighted by Crippen LogP contribution is -2.40. The van der Waals surface area contributed by atoms with Gasteiger partial charge in [-0.05, 0) is 37.1 Å². The summed E-state index contributed by atoms with van der Waals surface area (Å²) in [6.07, 6.45) is 1.59. The molecule has 0 radical (unpaired) electrons. The zero-order chi connectivity index (χ0) is 16.8. The topological polar surface area (TPSA) is 63.7 Å². The van der Waals surface area contributed by atoms with Crippen LogP contribution in [0.15, 0.2) is 24.3 Å². The summed E-state index contributed by atoms with van der Waals surface area (Å²) in [5.41, 5.74) is 0.562. The quantitative estimate of drug-likeness (QED) is 0.612. The third kappa shape index (κ3) is 4.79. The minimum Gasteiger partial charge on any atom is -0.469 e. The Morgan fingerprint density at radius 3 is 2.30 bits per heavy atom. The number of Topliss-reactive ketones (excluding diaryl/α,β-unsaturated/α-hetero) is 1. The molecule has 0 unspecified atom stereocenters. The number of hydrogen-bond acceptors (Lipinski definition) is 4. The molecule has 1 aliphatic heterocycles. The van der Waals surface area contributed by atoms with Gasteiger partial charge < -0.3 is 9.64 Å². The second-order valence-electron chi connectivity index (χ2n) is 5.61. The zero-order valence-corrected chi connectivity index (χ0v) is 13.8. The van der Waals surface area contributed by atoms with Crippen LogP contribution in [0.3, 0.4) is 0 Å². The molecule has 5 nitrogen and oxygen atoms in total. The SMILES string of the molecule is COC(=O)C1CCN(C(=O)CCC(=O)c2ccc(Cl)cc2)CC1. The van der Waals surface area contributed by atoms with Gasteiger partial charge in [0.05, 0.1) is 13.0 Å². The monoisotopic (exact) mass is 337 g/mol. The molecule has 0 N–H and O–H groups in total. The minimum atomic E-state index is -0.213. The van der Waals surface area contributed by atoms with Crippen molar-refractivity contribution in [3.8, 4) is 0 Å². The first-order chi connectivity index (χ1) is 11.0. The van der Waals surface area contributed by atoms with Crippen molar-refractivity contribution in [2.75, 3.05) is 20.2 Å². The number of rotatable bonds is 5. The fourth-order valence-electron chi connectivity index (χ4n) is 2.69. The van der Waals surface area contributed by atoms with Gasteiger partial charge in [0.15, 0.2) is 5.78 Å². The average molecular weight is 338 g/mol. The van der Waals surface area contributed by atoms with E-state index >= 15 is 0 Å². The van der Waals surface area contributed by atoms with Gasteiger partial charge in [-0.3, -0.25) is 14.4 Å². The lowest BCUT2D eigenvalue weighted by atomic mass is 9.96. The minimum absolute atomic E-state index is 0.0457. The van der Waals surface area contributed by atoms with Crippen molar-refractivity contribution in [3.05, 3.63) is 34.9 Å². The Bertz CT molecular complexity index is 577. The van der Waals surface area contributed by atoms with Crippen LogP contribution >= 0.6 is 11.6 Å². The number of carbonyl (C=O) groups is 3. The van der Waals surface area contributed by atoms with E-state index in [1.54, 1.807) is 29.2 Å². The Kier molecular flexibility index (Phi) is 6.16. The molecule has 23 heavy (non-hydrogen) atoms. The van der Waals surface area contributed by atoms with Gasteiger partial charge in [0.2, 0.25) is 5.91 Å². The number of nitrogens with zero attached hydrogens (tertiary/aromatic N) is 1. The lowest BCUT2D eigenvalue weighted by Gasteiger charge is -2.30. The number of likely N-dealkylation sites (tertiary alicyclic amines) is 1. The van der Waals surface area contributed by atoms with E-state index in [-0.39, 0.29) is 36.4 Å². The number of benzene rings is 1. The first-order valence-corrected chi connectivity index (χ1v) is 8.03. The van der Waals surface area contributed by atoms with E-state index in [4.69, 9.17) is 16.3 Å². The van der Waals surface area contributed by atoms with E-state index in [1.807, 2.05) is 0 Å². The number of carbonyl (C=O) groups excluding carboxylic acids is 3. The molecule has 124 valence electrons. The summed E-state index contributed by atoms with van der Waals surface area (Å²) in [6, 6.07) is 6.65. The molecule has 1 saturated heterocycles. The van der Waals surface area contributed by atoms with Gasteiger partial charge in [0.1, 0.15) is 0 Å². The molecule has 1 aliphatic rings. The molecule has 0 aromatic heterocycles. The summed E-state index contributed by atoms with van der Waals surface area (Å²) in [7, 11) is 1.38. The molecule has 6 heteroatoms. The average Bonchev–Trinajstić information content (AvgIpc) is 2.59. The molecular formula is C17H20ClNO4. The number of methoxy groups -OCH3 is 1. The van der Waals surface area contributed by atoms with Crippen LogP contribution in [-0.4, -0.2) is 42.8 Å². The number of halogens is 1. The number of hydrogen-bond donors (Lipinski definition) is 0. The highest BCUT2D eigenvalue weighted by Gasteiger charge is 2.27. The standard InChI is InChI=1S/C17H20ClNO4/c1-23-17(22)13-8-10-19(11-9-13)16(21)7-6-15(20)12-2-4-14(18)5-3-12/h2-5,13H,6-11H2,1H3. The maximum atomic E-state index is 12.2. The first-order valence-electron chi connectivity index (χ1n) is 7.65. The van der Waals surface area contributed by atoms with E-state index < -0.39 is 0 Å². The number of ketones is 1. The van der Waals surface area contributed by atoms with Crippen LogP contribution < -0.4 is 0 Å². The summed E-state index contributed by atoms with van der Waals surface area (Å²) in [5.74, 6) is -0.454. The van der Waals surface area contributed by atoms with Crippen molar-refractivity contribution >= 4 is 29.3 Å². The van der Waals surface area contributed by atoms with Crippen LogP contribution in [0, 0.1) is 5.92 Å². The highest BCUT2D eigenvalue weighted by atomic mass is 35.5. The molecule has 1 aromatic carbocycles. The number of piperidine rings is 1. The van der Waals surface area contributed by atoms with E-state index in [9.17, 15) is 14.4 Å². The molecule has 1 heterocycles. The smallest absolute Gasteiger partial charge is 0.308 e. The fraction of sp³-hybridized carbons (Fsp3) is 0.471. The van der Waals surface area contributed by atoms with Crippen LogP contribution in [-0.2, 0) is 14.3 Å². The fourth-order valence-corrected chi connectivity index (χ4v) is 2.82. The van der Waals surface area contributed by atoms with Crippen LogP contribution in [0.2, 0.25) is 5.02 Å². The lowest BCUT2D eigenvalue weighted by molar-refractivity contribution is -0.148. The van der Waals surface area contributed by atoms with Gasteiger partial charge in [-0.25, -0.2) is 0 Å². The Morgan fingerprint density at radius 1 is 1.13 bits per heavy atom. The van der Waals surface area contributed by atoms with Crippen molar-refractivity contribution < 1.29 is 19.1 Å². The van der Waals surface area contributed by atoms with Gasteiger partial charge in [-0.2, -0.15) is 0 Å². The van der Waals surface area contributed by atoms with E-state index in [1.165, 1.54) is 7.11 Å². The van der Waals surface area contributed by atoms with E-state index in [2.05, 4.69) is 0 Å². The van der Waals surface area contributed by atoms with Gasteiger partial charge in [-0.15, -0.1) is 0 Å². The second kappa shape index (κ2) is 8.11. The van der Waals surface area contributed by atoms with Gasteiger partial charge in [0, 0.05) is 36.5 Å². The normalized spacial score (nSPS) is 15.3. The zero-order valence-electron chi connectivity index (χ0n) is 13.1. The number of amides is 1. The highest BCUT2D eigenvalue weighted by molar-refractivity contribution is 6.30. The van der Waals surface area contributed by atoms with E-state index in [0.29, 0.717) is 36.5 Å². The van der Waals surface area contributed by atoms with E-state index in [0.717, 1.165) is 0 Å².